The van der Waals surface area contributed by atoms with Crippen LogP contribution in [0.2, 0.25) is 5.02 Å². The number of halogens is 1. The van der Waals surface area contributed by atoms with Gasteiger partial charge < -0.3 is 5.32 Å². The van der Waals surface area contributed by atoms with Crippen LogP contribution in [0.25, 0.3) is 0 Å². The third-order valence-electron chi connectivity index (χ3n) is 4.51. The minimum Gasteiger partial charge on any atom is -0.326 e. The van der Waals surface area contributed by atoms with E-state index in [0.29, 0.717) is 22.9 Å². The van der Waals surface area contributed by atoms with Crippen LogP contribution in [0.4, 0.5) is 5.69 Å². The molecule has 3 rings (SSSR count). The van der Waals surface area contributed by atoms with Crippen molar-refractivity contribution in [2.24, 2.45) is 0 Å². The van der Waals surface area contributed by atoms with Crippen molar-refractivity contribution >= 4 is 45.0 Å². The van der Waals surface area contributed by atoms with Crippen LogP contribution < -0.4 is 5.32 Å². The van der Waals surface area contributed by atoms with Crippen molar-refractivity contribution < 1.29 is 13.2 Å². The molecule has 0 spiro atoms. The average molecular weight is 475 g/mol. The smallest absolute Gasteiger partial charge is 0.243 e. The van der Waals surface area contributed by atoms with Crippen molar-refractivity contribution in [3.63, 3.8) is 0 Å². The zero-order chi connectivity index (χ0) is 22.3. The third-order valence-corrected chi connectivity index (χ3v) is 7.59. The zero-order valence-corrected chi connectivity index (χ0v) is 19.4. The van der Waals surface area contributed by atoms with Gasteiger partial charge in [0.2, 0.25) is 15.9 Å². The Morgan fingerprint density at radius 1 is 0.968 bits per heavy atom. The molecule has 1 amide bonds. The van der Waals surface area contributed by atoms with Gasteiger partial charge in [-0.05, 0) is 54.1 Å². The van der Waals surface area contributed by atoms with Crippen molar-refractivity contribution in [2.45, 2.75) is 22.8 Å². The highest BCUT2D eigenvalue weighted by Gasteiger charge is 2.20. The molecule has 0 bridgehead atoms. The fraction of sp³-hybridized carbons (Fsp3) is 0.174. The number of sulfonamides is 1. The Morgan fingerprint density at radius 3 is 2.26 bits per heavy atom. The van der Waals surface area contributed by atoms with Gasteiger partial charge in [-0.25, -0.2) is 8.42 Å². The van der Waals surface area contributed by atoms with Crippen LogP contribution in [-0.2, 0) is 21.4 Å². The first-order valence-electron chi connectivity index (χ1n) is 9.63. The summed E-state index contributed by atoms with van der Waals surface area (Å²) in [7, 11) is -2.07. The molecule has 0 saturated carbocycles. The summed E-state index contributed by atoms with van der Waals surface area (Å²) in [6, 6.07) is 23.1. The lowest BCUT2D eigenvalue weighted by molar-refractivity contribution is -0.115. The quantitative estimate of drug-likeness (QED) is 0.428. The van der Waals surface area contributed by atoms with Crippen LogP contribution >= 0.6 is 23.4 Å². The lowest BCUT2D eigenvalue weighted by Gasteiger charge is -2.17. The van der Waals surface area contributed by atoms with Crippen LogP contribution in [-0.4, -0.2) is 31.4 Å². The van der Waals surface area contributed by atoms with E-state index in [-0.39, 0.29) is 17.3 Å². The maximum absolute atomic E-state index is 12.8. The molecule has 0 fully saturated rings. The number of carbonyl (C=O) groups excluding carboxylic acids is 1. The van der Waals surface area contributed by atoms with E-state index in [1.165, 1.54) is 16.4 Å². The van der Waals surface area contributed by atoms with Gasteiger partial charge in [0.1, 0.15) is 0 Å². The summed E-state index contributed by atoms with van der Waals surface area (Å²) in [6.07, 6.45) is 0.340. The molecule has 0 saturated heterocycles. The second-order valence-electron chi connectivity index (χ2n) is 6.87. The predicted octanol–water partition coefficient (Wildman–Crippen LogP) is 5.28. The van der Waals surface area contributed by atoms with Gasteiger partial charge in [-0.1, -0.05) is 41.9 Å². The van der Waals surface area contributed by atoms with Crippen molar-refractivity contribution in [3.8, 4) is 0 Å². The van der Waals surface area contributed by atoms with E-state index in [0.717, 1.165) is 10.5 Å². The molecule has 3 aromatic carbocycles. The van der Waals surface area contributed by atoms with E-state index in [4.69, 9.17) is 11.6 Å². The molecule has 0 heterocycles. The maximum atomic E-state index is 12.8. The molecule has 0 aliphatic carbocycles. The Kier molecular flexibility index (Phi) is 8.15. The Labute approximate surface area is 192 Å². The molecule has 1 N–H and O–H groups in total. The molecular formula is C23H23ClN2O3S2. The van der Waals surface area contributed by atoms with E-state index in [2.05, 4.69) is 5.32 Å². The molecule has 3 aromatic rings. The highest BCUT2D eigenvalue weighted by Crippen LogP contribution is 2.22. The van der Waals surface area contributed by atoms with Crippen LogP contribution in [0.3, 0.4) is 0 Å². The molecule has 5 nitrogen and oxygen atoms in total. The Balaban J connectivity index is 1.52. The molecule has 31 heavy (non-hydrogen) atoms. The Morgan fingerprint density at radius 2 is 1.61 bits per heavy atom. The van der Waals surface area contributed by atoms with Gasteiger partial charge in [0.15, 0.2) is 0 Å². The van der Waals surface area contributed by atoms with Gasteiger partial charge >= 0.3 is 0 Å². The van der Waals surface area contributed by atoms with Crippen molar-refractivity contribution in [2.75, 3.05) is 18.1 Å². The predicted molar refractivity (Wildman–Crippen MR) is 127 cm³/mol. The number of hydrogen-bond acceptors (Lipinski definition) is 4. The Hall–Kier alpha value is -2.32. The summed E-state index contributed by atoms with van der Waals surface area (Å²) >= 11 is 7.44. The normalized spacial score (nSPS) is 11.5. The summed E-state index contributed by atoms with van der Waals surface area (Å²) in [6.45, 7) is 0.285. The molecule has 0 aromatic heterocycles. The first-order valence-corrected chi connectivity index (χ1v) is 12.4. The van der Waals surface area contributed by atoms with E-state index in [1.54, 1.807) is 30.9 Å². The standard InChI is InChI=1S/C23H23ClN2O3S2/c1-26(17-18-5-3-2-4-6-18)31(28,29)22-13-9-20(10-14-22)25-23(27)15-16-30-21-11-7-19(24)8-12-21/h2-14H,15-17H2,1H3,(H,25,27). The number of nitrogens with one attached hydrogen (secondary N) is 1. The van der Waals surface area contributed by atoms with Gasteiger partial charge in [-0.2, -0.15) is 4.31 Å². The average Bonchev–Trinajstić information content (AvgIpc) is 2.76. The molecule has 0 unspecified atom stereocenters. The van der Waals surface area contributed by atoms with Crippen LogP contribution in [0, 0.1) is 0 Å². The largest absolute Gasteiger partial charge is 0.326 e. The van der Waals surface area contributed by atoms with Gasteiger partial charge in [0.25, 0.3) is 0 Å². The first kappa shape index (κ1) is 23.3. The van der Waals surface area contributed by atoms with E-state index >= 15 is 0 Å². The summed E-state index contributed by atoms with van der Waals surface area (Å²) in [4.78, 5) is 13.4. The third kappa shape index (κ3) is 6.83. The van der Waals surface area contributed by atoms with Gasteiger partial charge in [0, 0.05) is 41.4 Å². The number of carbonyl (C=O) groups is 1. The molecule has 0 aliphatic rings. The summed E-state index contributed by atoms with van der Waals surface area (Å²) in [5.41, 5.74) is 1.47. The van der Waals surface area contributed by atoms with Crippen LogP contribution in [0.15, 0.2) is 88.7 Å². The molecule has 0 atom stereocenters. The molecular weight excluding hydrogens is 452 g/mol. The highest BCUT2D eigenvalue weighted by atomic mass is 35.5. The lowest BCUT2D eigenvalue weighted by Crippen LogP contribution is -2.26. The molecule has 8 heteroatoms. The number of anilines is 1. The number of benzene rings is 3. The Bertz CT molecular complexity index is 1100. The maximum Gasteiger partial charge on any atom is 0.243 e. The second-order valence-corrected chi connectivity index (χ2v) is 10.5. The summed E-state index contributed by atoms with van der Waals surface area (Å²) in [5.74, 6) is 0.503. The number of thioether (sulfide) groups is 1. The van der Waals surface area contributed by atoms with E-state index < -0.39 is 10.0 Å². The molecule has 0 radical (unpaired) electrons. The monoisotopic (exact) mass is 474 g/mol. The molecule has 0 aliphatic heterocycles. The minimum absolute atomic E-state index is 0.127. The van der Waals surface area contributed by atoms with Gasteiger partial charge in [-0.3, -0.25) is 4.79 Å². The summed E-state index contributed by atoms with van der Waals surface area (Å²) < 4.78 is 26.9. The topological polar surface area (TPSA) is 66.5 Å². The number of amides is 1. The van der Waals surface area contributed by atoms with Gasteiger partial charge in [0.05, 0.1) is 4.90 Å². The van der Waals surface area contributed by atoms with Crippen molar-refractivity contribution in [1.82, 2.24) is 4.31 Å². The SMILES string of the molecule is CN(Cc1ccccc1)S(=O)(=O)c1ccc(NC(=O)CCSc2ccc(Cl)cc2)cc1. The van der Waals surface area contributed by atoms with E-state index in [9.17, 15) is 13.2 Å². The lowest BCUT2D eigenvalue weighted by atomic mass is 10.2. The van der Waals surface area contributed by atoms with Crippen LogP contribution in [0.5, 0.6) is 0 Å². The van der Waals surface area contributed by atoms with E-state index in [1.807, 2.05) is 54.6 Å². The second kappa shape index (κ2) is 10.8. The fourth-order valence-electron chi connectivity index (χ4n) is 2.83. The number of hydrogen-bond donors (Lipinski definition) is 1. The first-order chi connectivity index (χ1) is 14.8. The van der Waals surface area contributed by atoms with Crippen molar-refractivity contribution in [3.05, 3.63) is 89.4 Å². The molecule has 162 valence electrons. The fourth-order valence-corrected chi connectivity index (χ4v) is 4.97. The number of rotatable bonds is 9. The highest BCUT2D eigenvalue weighted by molar-refractivity contribution is 7.99. The van der Waals surface area contributed by atoms with Crippen LogP contribution in [0.1, 0.15) is 12.0 Å². The number of nitrogens with zero attached hydrogens (tertiary/aromatic N) is 1. The minimum atomic E-state index is -3.62. The summed E-state index contributed by atoms with van der Waals surface area (Å²) in [5, 5.41) is 3.48. The van der Waals surface area contributed by atoms with Crippen molar-refractivity contribution in [1.29, 1.82) is 0 Å². The van der Waals surface area contributed by atoms with Gasteiger partial charge in [-0.15, -0.1) is 11.8 Å². The zero-order valence-electron chi connectivity index (χ0n) is 17.0.